The van der Waals surface area contributed by atoms with Crippen LogP contribution in [0.5, 0.6) is 11.5 Å². The zero-order valence-electron chi connectivity index (χ0n) is 25.3. The predicted octanol–water partition coefficient (Wildman–Crippen LogP) is 4.93. The van der Waals surface area contributed by atoms with Crippen molar-refractivity contribution in [1.29, 1.82) is 0 Å². The molecule has 1 saturated heterocycles. The predicted molar refractivity (Wildman–Crippen MR) is 168 cm³/mol. The molecule has 0 unspecified atom stereocenters. The van der Waals surface area contributed by atoms with Crippen molar-refractivity contribution in [2.24, 2.45) is 5.92 Å². The van der Waals surface area contributed by atoms with Crippen molar-refractivity contribution >= 4 is 29.2 Å². The van der Waals surface area contributed by atoms with Crippen LogP contribution in [0.3, 0.4) is 0 Å². The molecule has 9 heteroatoms. The van der Waals surface area contributed by atoms with Crippen molar-refractivity contribution in [3.05, 3.63) is 72.3 Å². The second kappa shape index (κ2) is 13.2. The first-order valence-electron chi connectivity index (χ1n) is 15.4. The van der Waals surface area contributed by atoms with Gasteiger partial charge in [-0.15, -0.1) is 0 Å². The maximum absolute atomic E-state index is 14.5. The first kappa shape index (κ1) is 29.8. The molecule has 0 spiro atoms. The summed E-state index contributed by atoms with van der Waals surface area (Å²) >= 11 is 0. The van der Waals surface area contributed by atoms with E-state index in [0.29, 0.717) is 43.3 Å². The van der Waals surface area contributed by atoms with E-state index in [2.05, 4.69) is 17.4 Å². The van der Waals surface area contributed by atoms with E-state index in [4.69, 9.17) is 14.2 Å². The largest absolute Gasteiger partial charge is 0.482 e. The zero-order chi connectivity index (χ0) is 30.6. The van der Waals surface area contributed by atoms with Gasteiger partial charge < -0.3 is 29.3 Å². The Balaban J connectivity index is 1.28. The smallest absolute Gasteiger partial charge is 0.308 e. The molecule has 3 aromatic rings. The fourth-order valence-electron chi connectivity index (χ4n) is 6.35. The lowest BCUT2D eigenvalue weighted by molar-refractivity contribution is -0.132. The number of hydrogen-bond acceptors (Lipinski definition) is 7. The number of nitrogens with one attached hydrogen (secondary N) is 1. The third-order valence-electron chi connectivity index (χ3n) is 8.59. The number of fused-ring (bicyclic) bond motifs is 1. The van der Waals surface area contributed by atoms with Gasteiger partial charge >= 0.3 is 5.97 Å². The van der Waals surface area contributed by atoms with Crippen molar-refractivity contribution < 1.29 is 28.6 Å². The highest BCUT2D eigenvalue weighted by Gasteiger charge is 2.41. The first-order chi connectivity index (χ1) is 21.4. The van der Waals surface area contributed by atoms with Crippen LogP contribution in [0, 0.1) is 5.92 Å². The van der Waals surface area contributed by atoms with Crippen LogP contribution in [0.4, 0.5) is 11.4 Å². The Labute approximate surface area is 258 Å². The van der Waals surface area contributed by atoms with E-state index in [1.54, 1.807) is 18.1 Å². The Kier molecular flexibility index (Phi) is 8.95. The number of piperidine rings is 1. The first-order valence-corrected chi connectivity index (χ1v) is 15.4. The molecule has 2 heterocycles. The summed E-state index contributed by atoms with van der Waals surface area (Å²) in [6, 6.07) is 21.7. The highest BCUT2D eigenvalue weighted by atomic mass is 16.5. The Morgan fingerprint density at radius 1 is 1.02 bits per heavy atom. The molecular formula is C35H39N3O6. The summed E-state index contributed by atoms with van der Waals surface area (Å²) in [5.41, 5.74) is 4.57. The number of ether oxygens (including phenoxy) is 3. The Morgan fingerprint density at radius 3 is 2.59 bits per heavy atom. The van der Waals surface area contributed by atoms with Gasteiger partial charge in [-0.1, -0.05) is 36.4 Å². The van der Waals surface area contributed by atoms with Gasteiger partial charge in [-0.2, -0.15) is 0 Å². The minimum atomic E-state index is -0.357. The molecule has 230 valence electrons. The van der Waals surface area contributed by atoms with Gasteiger partial charge in [-0.25, -0.2) is 0 Å². The van der Waals surface area contributed by atoms with E-state index in [9.17, 15) is 14.4 Å². The molecule has 2 amide bonds. The molecule has 1 aliphatic carbocycles. The van der Waals surface area contributed by atoms with Gasteiger partial charge in [0, 0.05) is 45.5 Å². The Hall–Kier alpha value is -4.21. The highest BCUT2D eigenvalue weighted by molar-refractivity contribution is 6.01. The molecule has 1 N–H and O–H groups in total. The summed E-state index contributed by atoms with van der Waals surface area (Å²) in [4.78, 5) is 42.5. The lowest BCUT2D eigenvalue weighted by atomic mass is 9.79. The number of anilines is 2. The van der Waals surface area contributed by atoms with E-state index in [1.165, 1.54) is 6.92 Å². The van der Waals surface area contributed by atoms with Crippen molar-refractivity contribution in [2.75, 3.05) is 49.8 Å². The average molecular weight is 598 g/mol. The number of nitrogens with zero attached hydrogens (tertiary/aromatic N) is 2. The lowest BCUT2D eigenvalue weighted by Gasteiger charge is -2.36. The molecule has 2 atom stereocenters. The molecule has 2 aliphatic heterocycles. The summed E-state index contributed by atoms with van der Waals surface area (Å²) in [7, 11) is 1.65. The topological polar surface area (TPSA) is 97.4 Å². The maximum Gasteiger partial charge on any atom is 0.308 e. The number of hydrogen-bond donors (Lipinski definition) is 1. The number of esters is 1. The standard InChI is InChI=1S/C35H39N3O6/c1-23(39)44-29-9-4-7-25(19-29)24-6-3-8-26(18-24)30-14-15-36-21-31(30)35(41)38(27-10-11-27)28-12-13-33-32(20-28)37(16-5-17-42-2)34(40)22-43-33/h3-4,6-9,12-13,18-20,27,30-31,36H,5,10-11,14-17,21-22H2,1-2H3/t30-,31+/m1/s1. The summed E-state index contributed by atoms with van der Waals surface area (Å²) in [5.74, 6) is 0.591. The number of benzene rings is 3. The molecule has 3 aliphatic rings. The average Bonchev–Trinajstić information content (AvgIpc) is 3.87. The van der Waals surface area contributed by atoms with Gasteiger partial charge in [0.2, 0.25) is 5.91 Å². The van der Waals surface area contributed by atoms with Crippen LogP contribution < -0.4 is 24.6 Å². The molecule has 1 saturated carbocycles. The van der Waals surface area contributed by atoms with Crippen LogP contribution in [0.1, 0.15) is 44.1 Å². The molecule has 3 aromatic carbocycles. The molecule has 0 radical (unpaired) electrons. The Morgan fingerprint density at radius 2 is 1.82 bits per heavy atom. The number of carbonyl (C=O) groups is 3. The summed E-state index contributed by atoms with van der Waals surface area (Å²) in [6.07, 6.45) is 3.45. The molecule has 0 bridgehead atoms. The van der Waals surface area contributed by atoms with E-state index in [1.807, 2.05) is 53.4 Å². The minimum absolute atomic E-state index is 0.00708. The lowest BCUT2D eigenvalue weighted by Crippen LogP contribution is -2.47. The molecule has 0 aromatic heterocycles. The van der Waals surface area contributed by atoms with Crippen LogP contribution in [-0.2, 0) is 19.1 Å². The normalized spacial score (nSPS) is 19.6. The fraction of sp³-hybridized carbons (Fsp3) is 0.400. The summed E-state index contributed by atoms with van der Waals surface area (Å²) in [5, 5.41) is 3.46. The zero-order valence-corrected chi connectivity index (χ0v) is 25.3. The van der Waals surface area contributed by atoms with Gasteiger partial charge in [-0.3, -0.25) is 14.4 Å². The highest BCUT2D eigenvalue weighted by Crippen LogP contribution is 2.42. The van der Waals surface area contributed by atoms with Crippen molar-refractivity contribution in [3.8, 4) is 22.6 Å². The molecule has 44 heavy (non-hydrogen) atoms. The van der Waals surface area contributed by atoms with E-state index >= 15 is 0 Å². The summed E-state index contributed by atoms with van der Waals surface area (Å²) in [6.45, 7) is 3.91. The third-order valence-corrected chi connectivity index (χ3v) is 8.59. The minimum Gasteiger partial charge on any atom is -0.482 e. The van der Waals surface area contributed by atoms with Crippen molar-refractivity contribution in [2.45, 2.75) is 44.6 Å². The third kappa shape index (κ3) is 6.49. The molecule has 2 fully saturated rings. The molecular weight excluding hydrogens is 558 g/mol. The van der Waals surface area contributed by atoms with Crippen molar-refractivity contribution in [1.82, 2.24) is 5.32 Å². The number of amides is 2. The van der Waals surface area contributed by atoms with E-state index < -0.39 is 0 Å². The van der Waals surface area contributed by atoms with Crippen LogP contribution in [-0.4, -0.2) is 63.8 Å². The molecule has 6 rings (SSSR count). The van der Waals surface area contributed by atoms with Crippen LogP contribution in [0.25, 0.3) is 11.1 Å². The number of methoxy groups -OCH3 is 1. The van der Waals surface area contributed by atoms with Crippen LogP contribution in [0.15, 0.2) is 66.7 Å². The fourth-order valence-corrected chi connectivity index (χ4v) is 6.35. The van der Waals surface area contributed by atoms with Gasteiger partial charge in [0.15, 0.2) is 6.61 Å². The maximum atomic E-state index is 14.5. The van der Waals surface area contributed by atoms with E-state index in [0.717, 1.165) is 48.2 Å². The number of carbonyl (C=O) groups excluding carboxylic acids is 3. The quantitative estimate of drug-likeness (QED) is 0.201. The SMILES string of the molecule is COCCCN1C(=O)COc2ccc(N(C(=O)[C@H]3CNCC[C@@H]3c3cccc(-c4cccc(OC(C)=O)c4)c3)C3CC3)cc21. The monoisotopic (exact) mass is 597 g/mol. The Bertz CT molecular complexity index is 1540. The van der Waals surface area contributed by atoms with Gasteiger partial charge in [-0.05, 0) is 85.2 Å². The number of rotatable bonds is 10. The van der Waals surface area contributed by atoms with E-state index in [-0.39, 0.29) is 42.3 Å². The molecule has 9 nitrogen and oxygen atoms in total. The van der Waals surface area contributed by atoms with Gasteiger partial charge in [0.1, 0.15) is 11.5 Å². The summed E-state index contributed by atoms with van der Waals surface area (Å²) < 4.78 is 16.3. The van der Waals surface area contributed by atoms with Crippen molar-refractivity contribution in [3.63, 3.8) is 0 Å². The van der Waals surface area contributed by atoms with Gasteiger partial charge in [0.25, 0.3) is 5.91 Å². The van der Waals surface area contributed by atoms with Gasteiger partial charge in [0.05, 0.1) is 11.6 Å². The van der Waals surface area contributed by atoms with Crippen LogP contribution >= 0.6 is 0 Å². The second-order valence-corrected chi connectivity index (χ2v) is 11.7. The second-order valence-electron chi connectivity index (χ2n) is 11.7. The van der Waals surface area contributed by atoms with Crippen LogP contribution in [0.2, 0.25) is 0 Å².